The van der Waals surface area contributed by atoms with Crippen molar-refractivity contribution in [2.24, 2.45) is 22.7 Å². The lowest BCUT2D eigenvalue weighted by Crippen LogP contribution is -2.59. The second kappa shape index (κ2) is 5.55. The molecule has 0 amide bonds. The summed E-state index contributed by atoms with van der Waals surface area (Å²) in [6.45, 7) is 2.32. The quantitative estimate of drug-likeness (QED) is 0.616. The third kappa shape index (κ3) is 1.74. The number of ketones is 1. The van der Waals surface area contributed by atoms with Gasteiger partial charge in [-0.05, 0) is 36.0 Å². The van der Waals surface area contributed by atoms with Gasteiger partial charge >= 0.3 is 0 Å². The Kier molecular flexibility index (Phi) is 3.44. The molecule has 0 aromatic heterocycles. The van der Waals surface area contributed by atoms with Crippen LogP contribution in [0, 0.1) is 34.0 Å². The molecular formula is C25H27NO4. The second-order valence-corrected chi connectivity index (χ2v) is 10.2. The Bertz CT molecular complexity index is 1010. The first kappa shape index (κ1) is 18.6. The number of Topliss-reactive ketones (excluding diaryl/α,β-unsaturated/α-hetero) is 1. The van der Waals surface area contributed by atoms with Crippen molar-refractivity contribution in [3.63, 3.8) is 0 Å². The van der Waals surface area contributed by atoms with E-state index in [9.17, 15) is 15.2 Å². The molecule has 156 valence electrons. The smallest absolute Gasteiger partial charge is 0.169 e. The van der Waals surface area contributed by atoms with Crippen molar-refractivity contribution in [3.8, 4) is 11.8 Å². The maximum Gasteiger partial charge on any atom is 0.169 e. The molecule has 6 rings (SSSR count). The molecule has 8 atom stereocenters. The van der Waals surface area contributed by atoms with Crippen LogP contribution >= 0.6 is 0 Å². The number of benzene rings is 1. The van der Waals surface area contributed by atoms with Gasteiger partial charge in [0.2, 0.25) is 0 Å². The zero-order chi connectivity index (χ0) is 20.9. The van der Waals surface area contributed by atoms with Crippen LogP contribution in [-0.2, 0) is 14.9 Å². The van der Waals surface area contributed by atoms with Crippen LogP contribution in [0.3, 0.4) is 0 Å². The molecule has 0 spiro atoms. The van der Waals surface area contributed by atoms with Crippen LogP contribution in [0.25, 0.3) is 0 Å². The van der Waals surface area contributed by atoms with E-state index in [2.05, 4.69) is 37.3 Å². The van der Waals surface area contributed by atoms with Gasteiger partial charge in [-0.25, -0.2) is 0 Å². The van der Waals surface area contributed by atoms with Crippen molar-refractivity contribution in [2.75, 3.05) is 7.11 Å². The predicted octanol–water partition coefficient (Wildman–Crippen LogP) is 3.31. The van der Waals surface area contributed by atoms with E-state index in [0.29, 0.717) is 0 Å². The average Bonchev–Trinajstić information content (AvgIpc) is 3.49. The standard InChI is InChI=1S/C25H27NO4/c1-22-9-3-4-10-23(22)11-12-24(22,15-5-7-16(29-2)8-6-15)17-18(27)19-21(30-19)25(28,13-14-26)20(17)23/h5-8,11-12,17,19-21,28H,3-4,9-10,13H2,1-2H3/t17-,19-,20+,21-,22+,23-,24-,25-/m1/s1. The fourth-order valence-electron chi connectivity index (χ4n) is 8.32. The number of nitrogens with zero attached hydrogens (tertiary/aromatic N) is 1. The van der Waals surface area contributed by atoms with E-state index < -0.39 is 23.2 Å². The van der Waals surface area contributed by atoms with Gasteiger partial charge < -0.3 is 14.6 Å². The molecule has 1 aromatic carbocycles. The number of hydrogen-bond acceptors (Lipinski definition) is 5. The number of carbonyl (C=O) groups excluding carboxylic acids is 1. The molecule has 0 unspecified atom stereocenters. The monoisotopic (exact) mass is 405 g/mol. The van der Waals surface area contributed by atoms with Crippen LogP contribution in [0.1, 0.15) is 44.6 Å². The van der Waals surface area contributed by atoms with E-state index >= 15 is 0 Å². The number of aliphatic hydroxyl groups is 1. The van der Waals surface area contributed by atoms with Gasteiger partial charge in [-0.1, -0.05) is 44.1 Å². The van der Waals surface area contributed by atoms with E-state index in [0.717, 1.165) is 37.0 Å². The van der Waals surface area contributed by atoms with Gasteiger partial charge in [-0.2, -0.15) is 5.26 Å². The van der Waals surface area contributed by atoms with Crippen molar-refractivity contribution in [1.29, 1.82) is 5.26 Å². The average molecular weight is 405 g/mol. The van der Waals surface area contributed by atoms with E-state index in [1.54, 1.807) is 7.11 Å². The van der Waals surface area contributed by atoms with Crippen LogP contribution < -0.4 is 4.74 Å². The first-order valence-electron chi connectivity index (χ1n) is 11.0. The third-order valence-electron chi connectivity index (χ3n) is 9.52. The minimum absolute atomic E-state index is 0.00692. The molecule has 0 radical (unpaired) electrons. The van der Waals surface area contributed by atoms with Gasteiger partial charge in [0.15, 0.2) is 5.78 Å². The lowest BCUT2D eigenvalue weighted by molar-refractivity contribution is -0.142. The number of carbonyl (C=O) groups is 1. The number of fused-ring (bicyclic) bond motifs is 3. The first-order chi connectivity index (χ1) is 14.4. The van der Waals surface area contributed by atoms with Gasteiger partial charge in [-0.15, -0.1) is 0 Å². The molecule has 5 nitrogen and oxygen atoms in total. The molecule has 1 aliphatic heterocycles. The summed E-state index contributed by atoms with van der Waals surface area (Å²) in [4.78, 5) is 13.7. The minimum Gasteiger partial charge on any atom is -0.497 e. The third-order valence-corrected chi connectivity index (χ3v) is 9.52. The maximum absolute atomic E-state index is 13.7. The maximum atomic E-state index is 13.7. The highest BCUT2D eigenvalue weighted by molar-refractivity contribution is 5.94. The van der Waals surface area contributed by atoms with Gasteiger partial charge in [-0.3, -0.25) is 4.79 Å². The van der Waals surface area contributed by atoms with E-state index in [4.69, 9.17) is 9.47 Å². The number of allylic oxidation sites excluding steroid dienone is 2. The molecule has 5 heteroatoms. The number of methoxy groups -OCH3 is 1. The Balaban J connectivity index is 1.63. The second-order valence-electron chi connectivity index (χ2n) is 10.2. The Hall–Kier alpha value is -2.16. The lowest BCUT2D eigenvalue weighted by atomic mass is 9.51. The zero-order valence-electron chi connectivity index (χ0n) is 17.4. The molecule has 1 saturated heterocycles. The Morgan fingerprint density at radius 3 is 2.67 bits per heavy atom. The van der Waals surface area contributed by atoms with Crippen LogP contribution in [-0.4, -0.2) is 35.8 Å². The summed E-state index contributed by atoms with van der Waals surface area (Å²) in [5.41, 5.74) is -1.16. The number of rotatable bonds is 3. The Labute approximate surface area is 176 Å². The highest BCUT2D eigenvalue weighted by atomic mass is 16.6. The van der Waals surface area contributed by atoms with E-state index in [-0.39, 0.29) is 34.9 Å². The predicted molar refractivity (Wildman–Crippen MR) is 109 cm³/mol. The number of nitriles is 1. The number of epoxide rings is 1. The fraction of sp³-hybridized carbons (Fsp3) is 0.600. The van der Waals surface area contributed by atoms with Crippen LogP contribution in [0.2, 0.25) is 0 Å². The summed E-state index contributed by atoms with van der Waals surface area (Å²) in [5.74, 6) is 0.232. The fourth-order valence-corrected chi connectivity index (χ4v) is 8.32. The largest absolute Gasteiger partial charge is 0.497 e. The van der Waals surface area contributed by atoms with Gasteiger partial charge in [0.1, 0.15) is 23.6 Å². The van der Waals surface area contributed by atoms with Crippen molar-refractivity contribution in [2.45, 2.75) is 62.3 Å². The zero-order valence-corrected chi connectivity index (χ0v) is 17.4. The molecule has 1 heterocycles. The topological polar surface area (TPSA) is 82.8 Å². The van der Waals surface area contributed by atoms with Gasteiger partial charge in [0.05, 0.1) is 19.6 Å². The Morgan fingerprint density at radius 2 is 1.97 bits per heavy atom. The summed E-state index contributed by atoms with van der Waals surface area (Å²) < 4.78 is 11.1. The lowest BCUT2D eigenvalue weighted by Gasteiger charge is -2.52. The molecule has 30 heavy (non-hydrogen) atoms. The summed E-state index contributed by atoms with van der Waals surface area (Å²) in [6.07, 6.45) is 7.61. The van der Waals surface area contributed by atoms with Crippen LogP contribution in [0.15, 0.2) is 36.4 Å². The molecular weight excluding hydrogens is 378 g/mol. The summed E-state index contributed by atoms with van der Waals surface area (Å²) in [7, 11) is 1.65. The summed E-state index contributed by atoms with van der Waals surface area (Å²) in [5, 5.41) is 21.5. The number of ether oxygens (including phenoxy) is 2. The van der Waals surface area contributed by atoms with E-state index in [1.165, 1.54) is 0 Å². The van der Waals surface area contributed by atoms with E-state index in [1.807, 2.05) is 12.1 Å². The van der Waals surface area contributed by atoms with Gasteiger partial charge in [0.25, 0.3) is 0 Å². The molecule has 2 bridgehead atoms. The Morgan fingerprint density at radius 1 is 1.23 bits per heavy atom. The SMILES string of the molecule is COc1ccc([C@@]23C=C[C@]4(CCCC[C@@]42C)[C@@H]2[C@H]3C(=O)[C@H]3O[C@H]3[C@@]2(O)CC#N)cc1. The molecule has 4 fully saturated rings. The normalized spacial score (nSPS) is 49.7. The van der Waals surface area contributed by atoms with Crippen LogP contribution in [0.4, 0.5) is 0 Å². The van der Waals surface area contributed by atoms with Crippen molar-refractivity contribution < 1.29 is 19.4 Å². The van der Waals surface area contributed by atoms with Gasteiger partial charge in [0, 0.05) is 22.7 Å². The van der Waals surface area contributed by atoms with Crippen molar-refractivity contribution in [3.05, 3.63) is 42.0 Å². The summed E-state index contributed by atoms with van der Waals surface area (Å²) >= 11 is 0. The molecule has 5 aliphatic rings. The molecule has 4 aliphatic carbocycles. The minimum atomic E-state index is -1.28. The highest BCUT2D eigenvalue weighted by Gasteiger charge is 2.85. The summed E-state index contributed by atoms with van der Waals surface area (Å²) in [6, 6.07) is 10.3. The first-order valence-corrected chi connectivity index (χ1v) is 11.0. The molecule has 1 aromatic rings. The highest BCUT2D eigenvalue weighted by Crippen LogP contribution is 2.81. The number of hydrogen-bond donors (Lipinski definition) is 1. The van der Waals surface area contributed by atoms with Crippen molar-refractivity contribution in [1.82, 2.24) is 0 Å². The molecule has 3 saturated carbocycles. The van der Waals surface area contributed by atoms with Crippen molar-refractivity contribution >= 4 is 5.78 Å². The van der Waals surface area contributed by atoms with Crippen LogP contribution in [0.5, 0.6) is 5.75 Å². The molecule has 1 N–H and O–H groups in total.